The molecular formula is C38H29ClN2O4. The van der Waals surface area contributed by atoms with Crippen LogP contribution in [-0.2, 0) is 11.4 Å². The maximum absolute atomic E-state index is 13.4. The van der Waals surface area contributed by atoms with Gasteiger partial charge in [0.1, 0.15) is 18.1 Å². The molecule has 0 fully saturated rings. The molecule has 0 atom stereocenters. The lowest BCUT2D eigenvalue weighted by molar-refractivity contribution is -0.113. The van der Waals surface area contributed by atoms with E-state index in [4.69, 9.17) is 16.3 Å². The fourth-order valence-electron chi connectivity index (χ4n) is 4.30. The highest BCUT2D eigenvalue weighted by Crippen LogP contribution is 2.19. The van der Waals surface area contributed by atoms with Crippen molar-refractivity contribution < 1.29 is 19.1 Å². The smallest absolute Gasteiger partial charge is 0.272 e. The summed E-state index contributed by atoms with van der Waals surface area (Å²) in [6.07, 6.45) is 4.70. The van der Waals surface area contributed by atoms with Crippen LogP contribution in [0.4, 0.5) is 5.69 Å². The van der Waals surface area contributed by atoms with Gasteiger partial charge in [-0.1, -0.05) is 90.5 Å². The number of benzene rings is 5. The Morgan fingerprint density at radius 2 is 1.33 bits per heavy atom. The molecule has 0 radical (unpaired) electrons. The molecule has 0 bridgehead atoms. The average molecular weight is 613 g/mol. The number of ketones is 1. The maximum atomic E-state index is 13.4. The topological polar surface area (TPSA) is 84.5 Å². The second kappa shape index (κ2) is 15.1. The van der Waals surface area contributed by atoms with E-state index < -0.39 is 11.8 Å². The van der Waals surface area contributed by atoms with Gasteiger partial charge >= 0.3 is 0 Å². The van der Waals surface area contributed by atoms with E-state index in [1.54, 1.807) is 91.0 Å². The van der Waals surface area contributed by atoms with E-state index in [2.05, 4.69) is 10.6 Å². The number of rotatable bonds is 11. The lowest BCUT2D eigenvalue weighted by atomic mass is 10.1. The van der Waals surface area contributed by atoms with Crippen molar-refractivity contribution >= 4 is 47.0 Å². The molecule has 2 amide bonds. The molecule has 0 spiro atoms. The summed E-state index contributed by atoms with van der Waals surface area (Å²) in [5.74, 6) is -0.487. The number of ether oxygens (including phenoxy) is 1. The minimum absolute atomic E-state index is 0.0460. The second-order valence-electron chi connectivity index (χ2n) is 9.97. The van der Waals surface area contributed by atoms with Crippen molar-refractivity contribution in [2.45, 2.75) is 6.61 Å². The highest BCUT2D eigenvalue weighted by Gasteiger charge is 2.15. The Hall–Kier alpha value is -5.72. The van der Waals surface area contributed by atoms with Crippen LogP contribution in [0.3, 0.4) is 0 Å². The van der Waals surface area contributed by atoms with Gasteiger partial charge in [-0.25, -0.2) is 0 Å². The molecule has 5 aromatic rings. The van der Waals surface area contributed by atoms with Crippen molar-refractivity contribution in [2.24, 2.45) is 0 Å². The van der Waals surface area contributed by atoms with Gasteiger partial charge in [-0.2, -0.15) is 0 Å². The third-order valence-corrected chi connectivity index (χ3v) is 7.06. The number of halogens is 1. The van der Waals surface area contributed by atoms with E-state index in [0.29, 0.717) is 39.8 Å². The quantitative estimate of drug-likeness (QED) is 0.116. The van der Waals surface area contributed by atoms with Gasteiger partial charge in [0.05, 0.1) is 0 Å². The van der Waals surface area contributed by atoms with E-state index in [1.807, 2.05) is 54.6 Å². The number of allylic oxidation sites excluding steroid dienone is 1. The first-order valence-electron chi connectivity index (χ1n) is 14.2. The molecule has 6 nitrogen and oxygen atoms in total. The summed E-state index contributed by atoms with van der Waals surface area (Å²) in [6.45, 7) is 0.429. The predicted octanol–water partition coefficient (Wildman–Crippen LogP) is 8.22. The van der Waals surface area contributed by atoms with E-state index in [1.165, 1.54) is 6.08 Å². The first-order valence-corrected chi connectivity index (χ1v) is 14.6. The van der Waals surface area contributed by atoms with Gasteiger partial charge in [0.15, 0.2) is 5.78 Å². The monoisotopic (exact) mass is 612 g/mol. The summed E-state index contributed by atoms with van der Waals surface area (Å²) in [4.78, 5) is 39.1. The number of hydrogen-bond donors (Lipinski definition) is 2. The molecular weight excluding hydrogens is 584 g/mol. The number of anilines is 1. The van der Waals surface area contributed by atoms with Gasteiger partial charge in [0.2, 0.25) is 0 Å². The maximum Gasteiger partial charge on any atom is 0.272 e. The van der Waals surface area contributed by atoms with Crippen LogP contribution < -0.4 is 15.4 Å². The summed E-state index contributed by atoms with van der Waals surface area (Å²) < 4.78 is 5.87. The summed E-state index contributed by atoms with van der Waals surface area (Å²) in [7, 11) is 0. The molecule has 2 N–H and O–H groups in total. The molecule has 5 rings (SSSR count). The molecule has 45 heavy (non-hydrogen) atoms. The van der Waals surface area contributed by atoms with Crippen molar-refractivity contribution in [3.05, 3.63) is 178 Å². The summed E-state index contributed by atoms with van der Waals surface area (Å²) in [5.41, 5.74) is 3.83. The van der Waals surface area contributed by atoms with Crippen LogP contribution in [0.1, 0.15) is 37.4 Å². The standard InChI is InChI=1S/C38H29ClN2O4/c39-34-14-8-7-11-29(34)19-24-36(42)30-17-20-32(21-18-30)40-38(44)35(41-37(43)31-12-5-2-6-13-31)25-27-15-22-33(23-16-27)45-26-28-9-3-1-4-10-28/h1-25H,26H2,(H,40,44)(H,41,43)/b24-19+,35-25-. The lowest BCUT2D eigenvalue weighted by Gasteiger charge is -2.12. The van der Waals surface area contributed by atoms with Crippen LogP contribution in [0.2, 0.25) is 5.02 Å². The first kappa shape index (κ1) is 30.7. The fraction of sp³-hybridized carbons (Fsp3) is 0.0263. The van der Waals surface area contributed by atoms with Crippen molar-refractivity contribution in [1.82, 2.24) is 5.32 Å². The minimum atomic E-state index is -0.527. The summed E-state index contributed by atoms with van der Waals surface area (Å²) in [6, 6.07) is 39.4. The molecule has 0 saturated heterocycles. The van der Waals surface area contributed by atoms with Crippen LogP contribution in [0.25, 0.3) is 12.2 Å². The number of nitrogens with one attached hydrogen (secondary N) is 2. The van der Waals surface area contributed by atoms with Crippen molar-refractivity contribution in [2.75, 3.05) is 5.32 Å². The Morgan fingerprint density at radius 1 is 0.689 bits per heavy atom. The lowest BCUT2D eigenvalue weighted by Crippen LogP contribution is -2.30. The number of carbonyl (C=O) groups excluding carboxylic acids is 3. The highest BCUT2D eigenvalue weighted by molar-refractivity contribution is 6.32. The Kier molecular flexibility index (Phi) is 10.3. The highest BCUT2D eigenvalue weighted by atomic mass is 35.5. The third kappa shape index (κ3) is 8.89. The summed E-state index contributed by atoms with van der Waals surface area (Å²) >= 11 is 6.17. The second-order valence-corrected chi connectivity index (χ2v) is 10.4. The Labute approximate surface area is 266 Å². The van der Waals surface area contributed by atoms with E-state index in [0.717, 1.165) is 11.1 Å². The zero-order valence-electron chi connectivity index (χ0n) is 24.2. The first-order chi connectivity index (χ1) is 21.9. The van der Waals surface area contributed by atoms with Crippen LogP contribution >= 0.6 is 11.6 Å². The Balaban J connectivity index is 1.29. The van der Waals surface area contributed by atoms with Crippen molar-refractivity contribution in [1.29, 1.82) is 0 Å². The zero-order chi connectivity index (χ0) is 31.4. The van der Waals surface area contributed by atoms with Crippen LogP contribution in [0, 0.1) is 0 Å². The van der Waals surface area contributed by atoms with Crippen LogP contribution in [0.15, 0.2) is 145 Å². The number of amides is 2. The van der Waals surface area contributed by atoms with E-state index in [-0.39, 0.29) is 11.5 Å². The molecule has 222 valence electrons. The van der Waals surface area contributed by atoms with Gasteiger partial charge in [-0.15, -0.1) is 0 Å². The molecule has 0 aliphatic rings. The third-order valence-electron chi connectivity index (χ3n) is 6.72. The molecule has 0 aliphatic heterocycles. The average Bonchev–Trinajstić information content (AvgIpc) is 3.08. The van der Waals surface area contributed by atoms with Crippen molar-refractivity contribution in [3.8, 4) is 5.75 Å². The largest absolute Gasteiger partial charge is 0.489 e. The summed E-state index contributed by atoms with van der Waals surface area (Å²) in [5, 5.41) is 6.09. The molecule has 0 aromatic heterocycles. The van der Waals surface area contributed by atoms with Gasteiger partial charge in [0, 0.05) is 21.8 Å². The predicted molar refractivity (Wildman–Crippen MR) is 179 cm³/mol. The van der Waals surface area contributed by atoms with Gasteiger partial charge in [-0.05, 0) is 89.5 Å². The van der Waals surface area contributed by atoms with Crippen LogP contribution in [-0.4, -0.2) is 17.6 Å². The molecule has 0 unspecified atom stereocenters. The molecule has 5 aromatic carbocycles. The van der Waals surface area contributed by atoms with Gasteiger partial charge in [-0.3, -0.25) is 14.4 Å². The number of hydrogen-bond acceptors (Lipinski definition) is 4. The normalized spacial score (nSPS) is 11.2. The molecule has 0 aliphatic carbocycles. The fourth-order valence-corrected chi connectivity index (χ4v) is 4.50. The van der Waals surface area contributed by atoms with Gasteiger partial charge < -0.3 is 15.4 Å². The van der Waals surface area contributed by atoms with E-state index in [9.17, 15) is 14.4 Å². The van der Waals surface area contributed by atoms with Crippen LogP contribution in [0.5, 0.6) is 5.75 Å². The molecule has 0 heterocycles. The van der Waals surface area contributed by atoms with Gasteiger partial charge in [0.25, 0.3) is 11.8 Å². The molecule has 0 saturated carbocycles. The Morgan fingerprint density at radius 3 is 2.02 bits per heavy atom. The minimum Gasteiger partial charge on any atom is -0.489 e. The zero-order valence-corrected chi connectivity index (χ0v) is 24.9. The SMILES string of the molecule is O=C(Nc1ccc(C(=O)/C=C/c2ccccc2Cl)cc1)/C(=C/c1ccc(OCc2ccccc2)cc1)NC(=O)c1ccccc1. The number of carbonyl (C=O) groups is 3. The van der Waals surface area contributed by atoms with Crippen molar-refractivity contribution in [3.63, 3.8) is 0 Å². The molecule has 7 heteroatoms. The Bertz CT molecular complexity index is 1830. The van der Waals surface area contributed by atoms with E-state index >= 15 is 0 Å².